The Balaban J connectivity index is 2.52. The summed E-state index contributed by atoms with van der Waals surface area (Å²) in [5.41, 5.74) is 5.63. The number of alkyl halides is 3. The molecule has 0 spiro atoms. The molecule has 3 N–H and O–H groups in total. The van der Waals surface area contributed by atoms with Crippen LogP contribution in [0, 0.1) is 11.3 Å². The number of nitriles is 1. The van der Waals surface area contributed by atoms with Gasteiger partial charge in [0.05, 0.1) is 35.9 Å². The van der Waals surface area contributed by atoms with Gasteiger partial charge in [-0.15, -0.1) is 0 Å². The van der Waals surface area contributed by atoms with Gasteiger partial charge in [0.2, 0.25) is 0 Å². The predicted molar refractivity (Wildman–Crippen MR) is 80.3 cm³/mol. The summed E-state index contributed by atoms with van der Waals surface area (Å²) >= 11 is 0. The molecule has 132 valence electrons. The van der Waals surface area contributed by atoms with Gasteiger partial charge in [-0.1, -0.05) is 12.1 Å². The number of methoxy groups -OCH3 is 1. The van der Waals surface area contributed by atoms with Crippen LogP contribution < -0.4 is 11.1 Å². The quantitative estimate of drug-likeness (QED) is 0.793. The highest BCUT2D eigenvalue weighted by atomic mass is 19.4. The van der Waals surface area contributed by atoms with Crippen molar-refractivity contribution in [3.05, 3.63) is 58.2 Å². The monoisotopic (exact) mass is 353 g/mol. The van der Waals surface area contributed by atoms with Gasteiger partial charge in [-0.3, -0.25) is 0 Å². The van der Waals surface area contributed by atoms with E-state index >= 15 is 0 Å². The second-order valence-electron chi connectivity index (χ2n) is 5.16. The third-order valence-electron chi connectivity index (χ3n) is 3.58. The first-order chi connectivity index (χ1) is 11.7. The van der Waals surface area contributed by atoms with E-state index in [1.54, 1.807) is 6.92 Å². The zero-order valence-electron chi connectivity index (χ0n) is 13.3. The van der Waals surface area contributed by atoms with E-state index in [2.05, 4.69) is 10.1 Å². The third-order valence-corrected chi connectivity index (χ3v) is 3.58. The third kappa shape index (κ3) is 3.68. The lowest BCUT2D eigenvalue weighted by molar-refractivity contribution is -0.137. The van der Waals surface area contributed by atoms with Crippen LogP contribution >= 0.6 is 0 Å². The number of nitrogens with two attached hydrogens (primary N) is 1. The molecule has 25 heavy (non-hydrogen) atoms. The van der Waals surface area contributed by atoms with Crippen LogP contribution in [-0.4, -0.2) is 13.3 Å². The van der Waals surface area contributed by atoms with Crippen molar-refractivity contribution < 1.29 is 27.4 Å². The molecule has 1 unspecified atom stereocenters. The van der Waals surface area contributed by atoms with Crippen LogP contribution in [0.4, 0.5) is 18.0 Å². The number of rotatable bonds is 2. The first kappa shape index (κ1) is 18.2. The Kier molecular flexibility index (Phi) is 4.92. The molecule has 9 heteroatoms. The Bertz CT molecular complexity index is 790. The first-order valence-corrected chi connectivity index (χ1v) is 6.99. The number of dihydropyridines is 1. The minimum Gasteiger partial charge on any atom is -0.437 e. The minimum atomic E-state index is -4.49. The number of carbonyl (C=O) groups excluding carboxylic acids is 1. The fraction of sp³-hybridized carbons (Fsp3) is 0.250. The lowest BCUT2D eigenvalue weighted by Gasteiger charge is -2.28. The van der Waals surface area contributed by atoms with Crippen LogP contribution in [0.3, 0.4) is 0 Å². The van der Waals surface area contributed by atoms with E-state index in [-0.39, 0.29) is 17.2 Å². The molecule has 0 saturated carbocycles. The minimum absolute atomic E-state index is 0.0178. The van der Waals surface area contributed by atoms with E-state index in [0.717, 1.165) is 19.2 Å². The van der Waals surface area contributed by atoms with Crippen LogP contribution in [0.2, 0.25) is 0 Å². The highest BCUT2D eigenvalue weighted by Gasteiger charge is 2.35. The molecule has 6 nitrogen and oxygen atoms in total. The predicted octanol–water partition coefficient (Wildman–Crippen LogP) is 3.10. The molecule has 0 saturated heterocycles. The normalized spacial score (nSPS) is 17.7. The fourth-order valence-electron chi connectivity index (χ4n) is 2.41. The summed E-state index contributed by atoms with van der Waals surface area (Å²) in [5, 5.41) is 12.1. The Morgan fingerprint density at radius 3 is 2.40 bits per heavy atom. The summed E-state index contributed by atoms with van der Waals surface area (Å²) in [6.45, 7) is 1.55. The number of ether oxygens (including phenoxy) is 2. The molecule has 1 aromatic rings. The Labute approximate surface area is 141 Å². The largest absolute Gasteiger partial charge is 0.513 e. The smallest absolute Gasteiger partial charge is 0.437 e. The maximum Gasteiger partial charge on any atom is 0.513 e. The van der Waals surface area contributed by atoms with E-state index in [9.17, 15) is 23.2 Å². The van der Waals surface area contributed by atoms with Crippen molar-refractivity contribution in [3.8, 4) is 6.07 Å². The Morgan fingerprint density at radius 2 is 1.92 bits per heavy atom. The van der Waals surface area contributed by atoms with Crippen molar-refractivity contribution in [1.82, 2.24) is 5.32 Å². The average molecular weight is 353 g/mol. The number of nitrogens with zero attached hydrogens (tertiary/aromatic N) is 1. The maximum atomic E-state index is 12.7. The zero-order chi connectivity index (χ0) is 18.8. The molecule has 1 atom stereocenters. The topological polar surface area (TPSA) is 97.4 Å². The molecular weight excluding hydrogens is 339 g/mol. The van der Waals surface area contributed by atoms with Gasteiger partial charge in [-0.2, -0.15) is 18.4 Å². The van der Waals surface area contributed by atoms with Gasteiger partial charge >= 0.3 is 12.3 Å². The molecule has 1 aliphatic heterocycles. The molecular formula is C16H14F3N3O3. The zero-order valence-corrected chi connectivity index (χ0v) is 13.3. The van der Waals surface area contributed by atoms with Crippen LogP contribution in [-0.2, 0) is 15.7 Å². The fourth-order valence-corrected chi connectivity index (χ4v) is 2.41. The Morgan fingerprint density at radius 1 is 1.32 bits per heavy atom. The number of hydrogen-bond acceptors (Lipinski definition) is 6. The summed E-state index contributed by atoms with van der Waals surface area (Å²) in [5.74, 6) is -0.882. The number of benzene rings is 1. The van der Waals surface area contributed by atoms with Crippen LogP contribution in [0.25, 0.3) is 0 Å². The lowest BCUT2D eigenvalue weighted by Crippen LogP contribution is -2.31. The summed E-state index contributed by atoms with van der Waals surface area (Å²) in [7, 11) is 1.11. The number of halogens is 3. The molecule has 0 amide bonds. The number of nitrogens with one attached hydrogen (secondary N) is 1. The van der Waals surface area contributed by atoms with Crippen LogP contribution in [0.1, 0.15) is 24.0 Å². The first-order valence-electron chi connectivity index (χ1n) is 6.99. The molecule has 0 aromatic heterocycles. The van der Waals surface area contributed by atoms with E-state index in [4.69, 9.17) is 10.5 Å². The van der Waals surface area contributed by atoms with E-state index in [0.29, 0.717) is 11.3 Å². The Hall–Kier alpha value is -3.15. The molecule has 0 bridgehead atoms. The van der Waals surface area contributed by atoms with E-state index in [1.807, 2.05) is 6.07 Å². The molecule has 1 aliphatic rings. The van der Waals surface area contributed by atoms with Crippen molar-refractivity contribution in [2.75, 3.05) is 7.11 Å². The second kappa shape index (κ2) is 6.76. The van der Waals surface area contributed by atoms with Crippen molar-refractivity contribution in [1.29, 1.82) is 5.26 Å². The van der Waals surface area contributed by atoms with Gasteiger partial charge in [0.1, 0.15) is 11.6 Å². The summed E-state index contributed by atoms with van der Waals surface area (Å²) in [4.78, 5) is 11.5. The standard InChI is InChI=1S/C16H14F3N3O3/c1-8-13(25-15(23)24-2)12(11(7-20)14(21)22-8)9-3-5-10(6-4-9)16(17,18)19/h3-6,12,22H,21H2,1-2H3. The molecule has 1 heterocycles. The molecule has 0 fully saturated rings. The molecule has 2 rings (SSSR count). The van der Waals surface area contributed by atoms with E-state index < -0.39 is 23.8 Å². The van der Waals surface area contributed by atoms with Gasteiger partial charge in [0.15, 0.2) is 0 Å². The molecule has 1 aromatic carbocycles. The van der Waals surface area contributed by atoms with Gasteiger partial charge < -0.3 is 20.5 Å². The highest BCUT2D eigenvalue weighted by molar-refractivity contribution is 5.63. The van der Waals surface area contributed by atoms with Gasteiger partial charge in [0, 0.05) is 0 Å². The molecule has 0 aliphatic carbocycles. The summed E-state index contributed by atoms with van der Waals surface area (Å²) in [6, 6.07) is 6.07. The highest BCUT2D eigenvalue weighted by Crippen LogP contribution is 2.38. The van der Waals surface area contributed by atoms with Crippen molar-refractivity contribution >= 4 is 6.16 Å². The van der Waals surface area contributed by atoms with Crippen molar-refractivity contribution in [2.24, 2.45) is 5.73 Å². The van der Waals surface area contributed by atoms with Crippen molar-refractivity contribution in [3.63, 3.8) is 0 Å². The van der Waals surface area contributed by atoms with Gasteiger partial charge in [0.25, 0.3) is 0 Å². The van der Waals surface area contributed by atoms with E-state index in [1.165, 1.54) is 12.1 Å². The van der Waals surface area contributed by atoms with Crippen LogP contribution in [0.15, 0.2) is 47.1 Å². The van der Waals surface area contributed by atoms with Crippen molar-refractivity contribution in [2.45, 2.75) is 19.0 Å². The maximum absolute atomic E-state index is 12.7. The summed E-state index contributed by atoms with van der Waals surface area (Å²) in [6.07, 6.45) is -5.51. The number of allylic oxidation sites excluding steroid dienone is 2. The van der Waals surface area contributed by atoms with Crippen LogP contribution in [0.5, 0.6) is 0 Å². The van der Waals surface area contributed by atoms with Gasteiger partial charge in [-0.05, 0) is 24.6 Å². The number of carbonyl (C=O) groups is 1. The number of hydrogen-bond donors (Lipinski definition) is 2. The SMILES string of the molecule is COC(=O)OC1=C(C)NC(N)=C(C#N)C1c1ccc(C(F)(F)F)cc1. The summed E-state index contributed by atoms with van der Waals surface area (Å²) < 4.78 is 47.7. The average Bonchev–Trinajstić information content (AvgIpc) is 2.56. The lowest BCUT2D eigenvalue weighted by atomic mass is 9.86. The molecule has 0 radical (unpaired) electrons. The van der Waals surface area contributed by atoms with Gasteiger partial charge in [-0.25, -0.2) is 4.79 Å². The second-order valence-corrected chi connectivity index (χ2v) is 5.16.